The minimum Gasteiger partial charge on any atom is -0.479 e. The van der Waals surface area contributed by atoms with Crippen LogP contribution < -0.4 is 9.46 Å². The molecule has 0 saturated heterocycles. The monoisotopic (exact) mass is 406 g/mol. The zero-order chi connectivity index (χ0) is 19.1. The van der Waals surface area contributed by atoms with Crippen LogP contribution in [0.1, 0.15) is 12.1 Å². The van der Waals surface area contributed by atoms with Gasteiger partial charge < -0.3 is 4.74 Å². The molecule has 3 rings (SSSR count). The largest absolute Gasteiger partial charge is 0.479 e. The van der Waals surface area contributed by atoms with Crippen molar-refractivity contribution in [1.29, 1.82) is 0 Å². The van der Waals surface area contributed by atoms with E-state index in [1.54, 1.807) is 0 Å². The van der Waals surface area contributed by atoms with Crippen LogP contribution in [0.15, 0.2) is 35.5 Å². The summed E-state index contributed by atoms with van der Waals surface area (Å²) in [6, 6.07) is 3.48. The van der Waals surface area contributed by atoms with Gasteiger partial charge in [0, 0.05) is 12.3 Å². The van der Waals surface area contributed by atoms with E-state index in [9.17, 15) is 21.6 Å². The molecule has 0 aliphatic rings. The molecular formula is C14H10ClF3N4O3S. The molecule has 0 unspecified atom stereocenters. The highest BCUT2D eigenvalue weighted by Crippen LogP contribution is 2.31. The Morgan fingerprint density at radius 1 is 1.35 bits per heavy atom. The quantitative estimate of drug-likeness (QED) is 0.703. The lowest BCUT2D eigenvalue weighted by atomic mass is 10.3. The Morgan fingerprint density at radius 3 is 2.73 bits per heavy atom. The molecule has 0 saturated carbocycles. The predicted octanol–water partition coefficient (Wildman–Crippen LogP) is 3.27. The van der Waals surface area contributed by atoms with Crippen molar-refractivity contribution >= 4 is 32.8 Å². The molecule has 1 N–H and O–H groups in total. The van der Waals surface area contributed by atoms with E-state index in [1.165, 1.54) is 22.8 Å². The molecule has 0 aliphatic carbocycles. The Kier molecular flexibility index (Phi) is 4.67. The first-order chi connectivity index (χ1) is 12.2. The van der Waals surface area contributed by atoms with Gasteiger partial charge in [0.25, 0.3) is 16.4 Å². The summed E-state index contributed by atoms with van der Waals surface area (Å²) >= 11 is 5.82. The summed E-state index contributed by atoms with van der Waals surface area (Å²) in [5.41, 5.74) is -1.36. The number of aromatic nitrogens is 3. The molecule has 12 heteroatoms. The summed E-state index contributed by atoms with van der Waals surface area (Å²) < 4.78 is 72.5. The van der Waals surface area contributed by atoms with Gasteiger partial charge in [0.05, 0.1) is 23.8 Å². The van der Waals surface area contributed by atoms with E-state index in [0.717, 1.165) is 13.3 Å². The first kappa shape index (κ1) is 18.3. The zero-order valence-electron chi connectivity index (χ0n) is 13.0. The number of nitrogens with one attached hydrogen (secondary N) is 1. The third-order valence-corrected chi connectivity index (χ3v) is 4.95. The smallest absolute Gasteiger partial charge is 0.283 e. The van der Waals surface area contributed by atoms with Crippen molar-refractivity contribution in [3.05, 3.63) is 47.1 Å². The van der Waals surface area contributed by atoms with E-state index in [1.807, 2.05) is 0 Å². The van der Waals surface area contributed by atoms with Crippen LogP contribution in [0.3, 0.4) is 0 Å². The van der Waals surface area contributed by atoms with Gasteiger partial charge in [-0.05, 0) is 12.1 Å². The zero-order valence-corrected chi connectivity index (χ0v) is 14.5. The van der Waals surface area contributed by atoms with Gasteiger partial charge in [-0.15, -0.1) is 0 Å². The topological polar surface area (TPSA) is 85.6 Å². The maximum Gasteiger partial charge on any atom is 0.283 e. The molecule has 0 fully saturated rings. The minimum absolute atomic E-state index is 0.207. The number of sulfonamides is 1. The van der Waals surface area contributed by atoms with Gasteiger partial charge in [-0.25, -0.2) is 31.1 Å². The third kappa shape index (κ3) is 3.27. The van der Waals surface area contributed by atoms with Crippen molar-refractivity contribution in [2.45, 2.75) is 11.3 Å². The molecule has 3 aromatic heterocycles. The second-order valence-electron chi connectivity index (χ2n) is 5.00. The van der Waals surface area contributed by atoms with Crippen LogP contribution >= 0.6 is 11.6 Å². The van der Waals surface area contributed by atoms with Crippen LogP contribution in [0.25, 0.3) is 5.52 Å². The average Bonchev–Trinajstić information content (AvgIpc) is 2.98. The summed E-state index contributed by atoms with van der Waals surface area (Å²) in [7, 11) is -3.15. The molecule has 0 spiro atoms. The van der Waals surface area contributed by atoms with Crippen LogP contribution in [-0.2, 0) is 10.0 Å². The summed E-state index contributed by atoms with van der Waals surface area (Å²) in [5.74, 6) is -1.87. The molecule has 0 amide bonds. The summed E-state index contributed by atoms with van der Waals surface area (Å²) in [5, 5.41) is 4.22. The first-order valence-electron chi connectivity index (χ1n) is 6.91. The van der Waals surface area contributed by atoms with E-state index < -0.39 is 39.5 Å². The van der Waals surface area contributed by atoms with Gasteiger partial charge in [-0.3, -0.25) is 4.72 Å². The average molecular weight is 407 g/mol. The number of anilines is 1. The van der Waals surface area contributed by atoms with Crippen LogP contribution in [0.4, 0.5) is 18.9 Å². The lowest BCUT2D eigenvalue weighted by Gasteiger charge is -2.12. The maximum atomic E-state index is 13.8. The van der Waals surface area contributed by atoms with Crippen molar-refractivity contribution in [1.82, 2.24) is 14.6 Å². The number of hydrogen-bond donors (Lipinski definition) is 1. The SMILES string of the molecule is COc1nc(C(F)F)c(F)cc1NS(=O)(=O)c1cnn2cc(Cl)ccc12. The van der Waals surface area contributed by atoms with Gasteiger partial charge in [-0.2, -0.15) is 5.10 Å². The number of ether oxygens (including phenoxy) is 1. The second-order valence-corrected chi connectivity index (χ2v) is 7.09. The van der Waals surface area contributed by atoms with Crippen LogP contribution in [0.2, 0.25) is 5.02 Å². The van der Waals surface area contributed by atoms with Crippen molar-refractivity contribution in [2.24, 2.45) is 0 Å². The lowest BCUT2D eigenvalue weighted by molar-refractivity contribution is 0.139. The van der Waals surface area contributed by atoms with Crippen LogP contribution in [0, 0.1) is 5.82 Å². The van der Waals surface area contributed by atoms with E-state index in [4.69, 9.17) is 16.3 Å². The highest BCUT2D eigenvalue weighted by Gasteiger charge is 2.25. The number of nitrogens with zero attached hydrogens (tertiary/aromatic N) is 3. The van der Waals surface area contributed by atoms with E-state index >= 15 is 0 Å². The van der Waals surface area contributed by atoms with Crippen molar-refractivity contribution in [3.63, 3.8) is 0 Å². The van der Waals surface area contributed by atoms with Crippen LogP contribution in [0.5, 0.6) is 5.88 Å². The van der Waals surface area contributed by atoms with Gasteiger partial charge in [0.1, 0.15) is 16.3 Å². The van der Waals surface area contributed by atoms with Gasteiger partial charge >= 0.3 is 0 Å². The molecule has 3 aromatic rings. The van der Waals surface area contributed by atoms with Crippen molar-refractivity contribution in [2.75, 3.05) is 11.8 Å². The Morgan fingerprint density at radius 2 is 2.08 bits per heavy atom. The predicted molar refractivity (Wildman–Crippen MR) is 86.7 cm³/mol. The molecule has 138 valence electrons. The Balaban J connectivity index is 2.05. The first-order valence-corrected chi connectivity index (χ1v) is 8.77. The molecule has 0 bridgehead atoms. The normalized spacial score (nSPS) is 11.9. The maximum absolute atomic E-state index is 13.8. The highest BCUT2D eigenvalue weighted by atomic mass is 35.5. The summed E-state index contributed by atoms with van der Waals surface area (Å²) in [6.07, 6.45) is -0.716. The van der Waals surface area contributed by atoms with Crippen molar-refractivity contribution < 1.29 is 26.3 Å². The number of methoxy groups -OCH3 is 1. The van der Waals surface area contributed by atoms with E-state index in [2.05, 4.69) is 14.8 Å². The molecule has 0 aromatic carbocycles. The van der Waals surface area contributed by atoms with Crippen LogP contribution in [-0.4, -0.2) is 30.1 Å². The Bertz CT molecular complexity index is 1090. The molecule has 26 heavy (non-hydrogen) atoms. The summed E-state index contributed by atoms with van der Waals surface area (Å²) in [4.78, 5) is 3.09. The lowest BCUT2D eigenvalue weighted by Crippen LogP contribution is -2.15. The van der Waals surface area contributed by atoms with E-state index in [-0.39, 0.29) is 10.4 Å². The fourth-order valence-electron chi connectivity index (χ4n) is 2.21. The van der Waals surface area contributed by atoms with Crippen molar-refractivity contribution in [3.8, 4) is 5.88 Å². The number of alkyl halides is 2. The Hall–Kier alpha value is -2.53. The molecule has 3 heterocycles. The molecule has 7 nitrogen and oxygen atoms in total. The molecular weight excluding hydrogens is 397 g/mol. The molecule has 0 atom stereocenters. The highest BCUT2D eigenvalue weighted by molar-refractivity contribution is 7.93. The number of rotatable bonds is 5. The molecule has 0 radical (unpaired) electrons. The number of halogens is 4. The Labute approximate surface area is 150 Å². The fourth-order valence-corrected chi connectivity index (χ4v) is 3.53. The number of hydrogen-bond acceptors (Lipinski definition) is 5. The fraction of sp³-hybridized carbons (Fsp3) is 0.143. The van der Waals surface area contributed by atoms with E-state index in [0.29, 0.717) is 11.1 Å². The number of fused-ring (bicyclic) bond motifs is 1. The van der Waals surface area contributed by atoms with Gasteiger partial charge in [0.15, 0.2) is 5.82 Å². The minimum atomic E-state index is -4.24. The standard InChI is InChI=1S/C14H10ClF3N4O3S/c1-25-14-9(4-8(16)12(20-14)13(17)18)21-26(23,24)11-5-19-22-6-7(15)2-3-10(11)22/h2-6,13,21H,1H3. The van der Waals surface area contributed by atoms with Gasteiger partial charge in [-0.1, -0.05) is 11.6 Å². The third-order valence-electron chi connectivity index (χ3n) is 3.35. The van der Waals surface area contributed by atoms with Gasteiger partial charge in [0.2, 0.25) is 5.88 Å². The summed E-state index contributed by atoms with van der Waals surface area (Å²) in [6.45, 7) is 0. The molecule has 0 aliphatic heterocycles. The number of pyridine rings is 2. The second kappa shape index (κ2) is 6.65.